The van der Waals surface area contributed by atoms with Gasteiger partial charge in [0.05, 0.1) is 12.2 Å². The molecule has 14 heavy (non-hydrogen) atoms. The number of carbonyl (C=O) groups is 1. The molecule has 0 unspecified atom stereocenters. The molecule has 0 saturated carbocycles. The normalized spacial score (nSPS) is 22.2. The van der Waals surface area contributed by atoms with Crippen molar-refractivity contribution in [2.75, 3.05) is 26.2 Å². The fourth-order valence-electron chi connectivity index (χ4n) is 1.86. The summed E-state index contributed by atoms with van der Waals surface area (Å²) in [6, 6.07) is 0. The van der Waals surface area contributed by atoms with Crippen LogP contribution >= 0.6 is 0 Å². The molecule has 1 aliphatic heterocycles. The number of nitrogens with zero attached hydrogens (tertiary/aromatic N) is 1. The van der Waals surface area contributed by atoms with E-state index in [2.05, 4.69) is 18.7 Å². The van der Waals surface area contributed by atoms with E-state index in [1.54, 1.807) is 6.92 Å². The molecule has 0 bridgehead atoms. The lowest BCUT2D eigenvalue weighted by Crippen LogP contribution is -2.48. The first kappa shape index (κ1) is 11.7. The summed E-state index contributed by atoms with van der Waals surface area (Å²) in [6.45, 7) is 9.70. The summed E-state index contributed by atoms with van der Waals surface area (Å²) in [4.78, 5) is 13.2. The van der Waals surface area contributed by atoms with Gasteiger partial charge < -0.3 is 9.53 Å². The molecule has 1 saturated heterocycles. The van der Waals surface area contributed by atoms with Gasteiger partial charge in [-0.2, -0.15) is 0 Å². The minimum atomic E-state index is -0.0194. The Morgan fingerprint density at radius 3 is 2.79 bits per heavy atom. The molecule has 0 aliphatic carbocycles. The zero-order chi connectivity index (χ0) is 10.6. The van der Waals surface area contributed by atoms with Crippen molar-refractivity contribution >= 4 is 5.78 Å². The number of morpholine rings is 1. The Balaban J connectivity index is 2.21. The fourth-order valence-corrected chi connectivity index (χ4v) is 1.86. The molecule has 0 radical (unpaired) electrons. The first-order chi connectivity index (χ1) is 6.49. The van der Waals surface area contributed by atoms with E-state index in [0.29, 0.717) is 6.42 Å². The molecule has 0 aromatic rings. The molecular formula is C11H21NO2. The van der Waals surface area contributed by atoms with Gasteiger partial charge in [0.25, 0.3) is 0 Å². The topological polar surface area (TPSA) is 29.5 Å². The Bertz CT molecular complexity index is 201. The summed E-state index contributed by atoms with van der Waals surface area (Å²) >= 11 is 0. The van der Waals surface area contributed by atoms with Crippen molar-refractivity contribution in [1.82, 2.24) is 4.90 Å². The summed E-state index contributed by atoms with van der Waals surface area (Å²) < 4.78 is 5.61. The maximum absolute atomic E-state index is 10.8. The fraction of sp³-hybridized carbons (Fsp3) is 0.909. The van der Waals surface area contributed by atoms with Crippen LogP contribution in [0.5, 0.6) is 0 Å². The highest BCUT2D eigenvalue weighted by Crippen LogP contribution is 2.16. The van der Waals surface area contributed by atoms with Gasteiger partial charge in [0.15, 0.2) is 0 Å². The largest absolute Gasteiger partial charge is 0.373 e. The third kappa shape index (κ3) is 4.20. The minimum Gasteiger partial charge on any atom is -0.373 e. The first-order valence-electron chi connectivity index (χ1n) is 5.35. The molecule has 3 heteroatoms. The zero-order valence-electron chi connectivity index (χ0n) is 9.51. The van der Waals surface area contributed by atoms with Crippen LogP contribution in [0.1, 0.15) is 33.6 Å². The molecular weight excluding hydrogens is 178 g/mol. The predicted molar refractivity (Wildman–Crippen MR) is 56.4 cm³/mol. The van der Waals surface area contributed by atoms with Gasteiger partial charge in [-0.25, -0.2) is 0 Å². The number of Topliss-reactive ketones (excluding diaryl/α,β-unsaturated/α-hetero) is 1. The SMILES string of the molecule is CC(=O)CCCN1CCOC(C)(C)C1. The zero-order valence-corrected chi connectivity index (χ0v) is 9.51. The van der Waals surface area contributed by atoms with Gasteiger partial charge in [-0.3, -0.25) is 4.90 Å². The predicted octanol–water partition coefficient (Wildman–Crippen LogP) is 1.47. The molecule has 1 heterocycles. The van der Waals surface area contributed by atoms with Gasteiger partial charge in [0.2, 0.25) is 0 Å². The van der Waals surface area contributed by atoms with Crippen LogP contribution in [0.15, 0.2) is 0 Å². The lowest BCUT2D eigenvalue weighted by Gasteiger charge is -2.38. The van der Waals surface area contributed by atoms with Crippen LogP contribution in [0.25, 0.3) is 0 Å². The van der Waals surface area contributed by atoms with Gasteiger partial charge in [-0.15, -0.1) is 0 Å². The van der Waals surface area contributed by atoms with E-state index in [9.17, 15) is 4.79 Å². The van der Waals surface area contributed by atoms with Gasteiger partial charge in [0, 0.05) is 19.5 Å². The molecule has 0 aromatic carbocycles. The second-order valence-corrected chi connectivity index (χ2v) is 4.69. The van der Waals surface area contributed by atoms with Crippen molar-refractivity contribution in [3.8, 4) is 0 Å². The molecule has 0 atom stereocenters. The number of ether oxygens (including phenoxy) is 1. The Morgan fingerprint density at radius 2 is 2.21 bits per heavy atom. The van der Waals surface area contributed by atoms with Crippen molar-refractivity contribution in [3.05, 3.63) is 0 Å². The van der Waals surface area contributed by atoms with Crippen molar-refractivity contribution in [1.29, 1.82) is 0 Å². The number of carbonyl (C=O) groups excluding carboxylic acids is 1. The van der Waals surface area contributed by atoms with Crippen LogP contribution < -0.4 is 0 Å². The first-order valence-corrected chi connectivity index (χ1v) is 5.35. The van der Waals surface area contributed by atoms with E-state index in [4.69, 9.17) is 4.74 Å². The van der Waals surface area contributed by atoms with Crippen LogP contribution in [-0.4, -0.2) is 42.5 Å². The number of hydrogen-bond donors (Lipinski definition) is 0. The third-order valence-corrected chi connectivity index (χ3v) is 2.51. The Labute approximate surface area is 86.4 Å². The maximum Gasteiger partial charge on any atom is 0.129 e. The summed E-state index contributed by atoms with van der Waals surface area (Å²) in [5.41, 5.74) is -0.0194. The van der Waals surface area contributed by atoms with Gasteiger partial charge in [-0.1, -0.05) is 0 Å². The maximum atomic E-state index is 10.8. The van der Waals surface area contributed by atoms with Crippen molar-refractivity contribution < 1.29 is 9.53 Å². The highest BCUT2D eigenvalue weighted by atomic mass is 16.5. The Kier molecular flexibility index (Phi) is 4.08. The molecule has 0 aromatic heterocycles. The van der Waals surface area contributed by atoms with Crippen LogP contribution in [0, 0.1) is 0 Å². The van der Waals surface area contributed by atoms with E-state index < -0.39 is 0 Å². The van der Waals surface area contributed by atoms with E-state index in [-0.39, 0.29) is 11.4 Å². The van der Waals surface area contributed by atoms with E-state index in [1.165, 1.54) is 0 Å². The minimum absolute atomic E-state index is 0.0194. The van der Waals surface area contributed by atoms with Crippen LogP contribution in [-0.2, 0) is 9.53 Å². The van der Waals surface area contributed by atoms with Crippen LogP contribution in [0.2, 0.25) is 0 Å². The summed E-state index contributed by atoms with van der Waals surface area (Å²) in [5.74, 6) is 0.289. The smallest absolute Gasteiger partial charge is 0.129 e. The summed E-state index contributed by atoms with van der Waals surface area (Å²) in [7, 11) is 0. The van der Waals surface area contributed by atoms with Crippen LogP contribution in [0.4, 0.5) is 0 Å². The van der Waals surface area contributed by atoms with Gasteiger partial charge in [0.1, 0.15) is 5.78 Å². The molecule has 82 valence electrons. The summed E-state index contributed by atoms with van der Waals surface area (Å²) in [6.07, 6.45) is 1.68. The van der Waals surface area contributed by atoms with Crippen LogP contribution in [0.3, 0.4) is 0 Å². The Morgan fingerprint density at radius 1 is 1.50 bits per heavy atom. The highest BCUT2D eigenvalue weighted by molar-refractivity contribution is 5.75. The summed E-state index contributed by atoms with van der Waals surface area (Å²) in [5, 5.41) is 0. The van der Waals surface area contributed by atoms with Gasteiger partial charge in [-0.05, 0) is 33.7 Å². The molecule has 0 spiro atoms. The second-order valence-electron chi connectivity index (χ2n) is 4.69. The van der Waals surface area contributed by atoms with Crippen molar-refractivity contribution in [2.24, 2.45) is 0 Å². The van der Waals surface area contributed by atoms with E-state index in [1.807, 2.05) is 0 Å². The molecule has 1 aliphatic rings. The van der Waals surface area contributed by atoms with Crippen molar-refractivity contribution in [2.45, 2.75) is 39.2 Å². The number of hydrogen-bond acceptors (Lipinski definition) is 3. The van der Waals surface area contributed by atoms with E-state index >= 15 is 0 Å². The lowest BCUT2D eigenvalue weighted by molar-refractivity contribution is -0.117. The molecule has 1 fully saturated rings. The van der Waals surface area contributed by atoms with Crippen molar-refractivity contribution in [3.63, 3.8) is 0 Å². The standard InChI is InChI=1S/C11H21NO2/c1-10(13)5-4-6-12-7-8-14-11(2,3)9-12/h4-9H2,1-3H3. The highest BCUT2D eigenvalue weighted by Gasteiger charge is 2.26. The number of rotatable bonds is 4. The average Bonchev–Trinajstić information content (AvgIpc) is 2.01. The average molecular weight is 199 g/mol. The lowest BCUT2D eigenvalue weighted by atomic mass is 10.1. The Hall–Kier alpha value is -0.410. The monoisotopic (exact) mass is 199 g/mol. The van der Waals surface area contributed by atoms with E-state index in [0.717, 1.165) is 32.7 Å². The molecule has 3 nitrogen and oxygen atoms in total. The second kappa shape index (κ2) is 4.89. The molecule has 0 amide bonds. The molecule has 1 rings (SSSR count). The molecule has 0 N–H and O–H groups in total. The van der Waals surface area contributed by atoms with Gasteiger partial charge >= 0.3 is 0 Å². The number of ketones is 1. The third-order valence-electron chi connectivity index (χ3n) is 2.51. The quantitative estimate of drug-likeness (QED) is 0.686.